The number of aliphatic hydroxyl groups excluding tert-OH is 1. The number of hydrogen-bond donors (Lipinski definition) is 1. The summed E-state index contributed by atoms with van der Waals surface area (Å²) in [7, 11) is 3.90. The van der Waals surface area contributed by atoms with Gasteiger partial charge in [0.2, 0.25) is 0 Å². The van der Waals surface area contributed by atoms with Crippen molar-refractivity contribution in [2.24, 2.45) is 0 Å². The number of benzene rings is 2. The molecule has 2 saturated heterocycles. The third-order valence-electron chi connectivity index (χ3n) is 6.36. The van der Waals surface area contributed by atoms with Crippen LogP contribution in [0, 0.1) is 0 Å². The fourth-order valence-electron chi connectivity index (χ4n) is 4.46. The number of ether oxygens (including phenoxy) is 1. The van der Waals surface area contributed by atoms with Crippen molar-refractivity contribution < 1.29 is 19.4 Å². The van der Waals surface area contributed by atoms with Crippen molar-refractivity contribution in [1.82, 2.24) is 9.80 Å². The summed E-state index contributed by atoms with van der Waals surface area (Å²) in [5, 5.41) is 11.7. The maximum Gasteiger partial charge on any atom is 0.295 e. The number of aliphatic hydroxyl groups is 1. The van der Waals surface area contributed by atoms with Crippen LogP contribution in [0.2, 0.25) is 5.02 Å². The second-order valence-electron chi connectivity index (χ2n) is 8.79. The van der Waals surface area contributed by atoms with Crippen LogP contribution in [0.3, 0.4) is 0 Å². The number of halogens is 1. The normalized spacial score (nSPS) is 20.7. The molecular weight excluding hydrogens is 454 g/mol. The van der Waals surface area contributed by atoms with Crippen LogP contribution < -0.4 is 4.90 Å². The van der Waals surface area contributed by atoms with Gasteiger partial charge in [0.15, 0.2) is 0 Å². The lowest BCUT2D eigenvalue weighted by atomic mass is 9.95. The molecule has 7 nitrogen and oxygen atoms in total. The van der Waals surface area contributed by atoms with Gasteiger partial charge in [0.25, 0.3) is 11.7 Å². The van der Waals surface area contributed by atoms with Crippen LogP contribution in [-0.2, 0) is 14.3 Å². The summed E-state index contributed by atoms with van der Waals surface area (Å²) in [5.41, 5.74) is 2.35. The first-order chi connectivity index (χ1) is 16.4. The predicted octanol–water partition coefficient (Wildman–Crippen LogP) is 3.55. The van der Waals surface area contributed by atoms with Crippen molar-refractivity contribution in [2.75, 3.05) is 58.4 Å². The Morgan fingerprint density at radius 2 is 1.68 bits per heavy atom. The van der Waals surface area contributed by atoms with Crippen LogP contribution in [-0.4, -0.2) is 80.1 Å². The predicted molar refractivity (Wildman–Crippen MR) is 133 cm³/mol. The molecule has 8 heteroatoms. The smallest absolute Gasteiger partial charge is 0.295 e. The molecule has 0 bridgehead atoms. The topological polar surface area (TPSA) is 73.3 Å². The Bertz CT molecular complexity index is 1060. The number of likely N-dealkylation sites (tertiary alicyclic amines) is 1. The number of nitrogens with zero attached hydrogens (tertiary/aromatic N) is 3. The molecule has 1 atom stereocenters. The summed E-state index contributed by atoms with van der Waals surface area (Å²) in [6.45, 7) is 4.39. The fraction of sp³-hybridized carbons (Fsp3) is 0.385. The summed E-state index contributed by atoms with van der Waals surface area (Å²) < 4.78 is 5.41. The minimum Gasteiger partial charge on any atom is -0.507 e. The lowest BCUT2D eigenvalue weighted by Gasteiger charge is -2.29. The highest BCUT2D eigenvalue weighted by molar-refractivity contribution is 6.46. The van der Waals surface area contributed by atoms with E-state index in [9.17, 15) is 14.7 Å². The number of morpholine rings is 1. The third kappa shape index (κ3) is 5.12. The van der Waals surface area contributed by atoms with Crippen LogP contribution in [0.25, 0.3) is 5.76 Å². The second kappa shape index (κ2) is 10.6. The van der Waals surface area contributed by atoms with Gasteiger partial charge in [0.05, 0.1) is 24.8 Å². The van der Waals surface area contributed by atoms with Gasteiger partial charge < -0.3 is 19.6 Å². The Labute approximate surface area is 205 Å². The summed E-state index contributed by atoms with van der Waals surface area (Å²) in [4.78, 5) is 32.1. The van der Waals surface area contributed by atoms with Crippen LogP contribution in [0.5, 0.6) is 0 Å². The molecule has 34 heavy (non-hydrogen) atoms. The van der Waals surface area contributed by atoms with Gasteiger partial charge in [-0.05, 0) is 48.4 Å². The van der Waals surface area contributed by atoms with E-state index in [4.69, 9.17) is 16.3 Å². The zero-order chi connectivity index (χ0) is 24.2. The first-order valence-electron chi connectivity index (χ1n) is 11.5. The average molecular weight is 484 g/mol. The number of amides is 1. The summed E-state index contributed by atoms with van der Waals surface area (Å²) in [6.07, 6.45) is 0.723. The highest BCUT2D eigenvalue weighted by atomic mass is 35.5. The van der Waals surface area contributed by atoms with Gasteiger partial charge in [0.1, 0.15) is 5.76 Å². The van der Waals surface area contributed by atoms with E-state index in [1.807, 2.05) is 43.3 Å². The summed E-state index contributed by atoms with van der Waals surface area (Å²) in [5.74, 6) is -1.44. The van der Waals surface area contributed by atoms with E-state index < -0.39 is 17.7 Å². The third-order valence-corrected chi connectivity index (χ3v) is 6.61. The molecule has 180 valence electrons. The molecule has 2 aliphatic rings. The standard InChI is InChI=1S/C26H30ClN3O4/c1-28(2)21-10-6-18(7-11-21)23-22(24(31)19-4-8-20(27)9-5-19)25(32)26(33)30(23)13-3-12-29-14-16-34-17-15-29/h4-11,23,31H,3,12-17H2,1-2H3/b24-22-. The molecule has 0 aliphatic carbocycles. The van der Waals surface area contributed by atoms with Crippen molar-refractivity contribution >= 4 is 34.7 Å². The van der Waals surface area contributed by atoms with E-state index in [0.29, 0.717) is 30.3 Å². The first-order valence-corrected chi connectivity index (χ1v) is 11.9. The molecule has 0 aromatic heterocycles. The van der Waals surface area contributed by atoms with Gasteiger partial charge in [0, 0.05) is 56.5 Å². The highest BCUT2D eigenvalue weighted by Crippen LogP contribution is 2.40. The molecule has 2 aromatic rings. The first kappa shape index (κ1) is 24.3. The quantitative estimate of drug-likeness (QED) is 0.369. The molecule has 1 amide bonds. The molecule has 0 saturated carbocycles. The van der Waals surface area contributed by atoms with E-state index in [-0.39, 0.29) is 11.3 Å². The van der Waals surface area contributed by atoms with Crippen molar-refractivity contribution in [3.8, 4) is 0 Å². The van der Waals surface area contributed by atoms with Gasteiger partial charge >= 0.3 is 0 Å². The Balaban J connectivity index is 1.67. The maximum atomic E-state index is 13.2. The Morgan fingerprint density at radius 3 is 2.29 bits per heavy atom. The molecule has 0 spiro atoms. The number of anilines is 1. The van der Waals surface area contributed by atoms with E-state index in [0.717, 1.165) is 37.3 Å². The number of hydrogen-bond acceptors (Lipinski definition) is 6. The van der Waals surface area contributed by atoms with Gasteiger partial charge in [-0.2, -0.15) is 0 Å². The SMILES string of the molecule is CN(C)c1ccc(C2/C(=C(/O)c3ccc(Cl)cc3)C(=O)C(=O)N2CCCN2CCOCC2)cc1. The van der Waals surface area contributed by atoms with Crippen molar-refractivity contribution in [1.29, 1.82) is 0 Å². The zero-order valence-corrected chi connectivity index (χ0v) is 20.3. The number of ketones is 1. The molecule has 0 radical (unpaired) electrons. The van der Waals surface area contributed by atoms with Gasteiger partial charge in [-0.25, -0.2) is 0 Å². The Morgan fingerprint density at radius 1 is 1.03 bits per heavy atom. The molecule has 2 aromatic carbocycles. The number of carbonyl (C=O) groups excluding carboxylic acids is 2. The fourth-order valence-corrected chi connectivity index (χ4v) is 4.59. The minimum absolute atomic E-state index is 0.108. The van der Waals surface area contributed by atoms with Crippen LogP contribution in [0.15, 0.2) is 54.1 Å². The van der Waals surface area contributed by atoms with Gasteiger partial charge in [-0.15, -0.1) is 0 Å². The Hall–Kier alpha value is -2.87. The molecule has 2 fully saturated rings. The molecule has 4 rings (SSSR count). The van der Waals surface area contributed by atoms with Crippen LogP contribution >= 0.6 is 11.6 Å². The van der Waals surface area contributed by atoms with E-state index in [1.54, 1.807) is 29.2 Å². The largest absolute Gasteiger partial charge is 0.507 e. The molecule has 2 heterocycles. The van der Waals surface area contributed by atoms with Crippen molar-refractivity contribution in [3.63, 3.8) is 0 Å². The maximum absolute atomic E-state index is 13.2. The number of Topliss-reactive ketones (excluding diaryl/α,β-unsaturated/α-hetero) is 1. The van der Waals surface area contributed by atoms with Crippen molar-refractivity contribution in [3.05, 3.63) is 70.3 Å². The summed E-state index contributed by atoms with van der Waals surface area (Å²) >= 11 is 5.99. The Kier molecular flexibility index (Phi) is 7.56. The van der Waals surface area contributed by atoms with E-state index >= 15 is 0 Å². The minimum atomic E-state index is -0.666. The number of rotatable bonds is 7. The molecule has 2 aliphatic heterocycles. The number of carbonyl (C=O) groups is 2. The van der Waals surface area contributed by atoms with Gasteiger partial charge in [-0.1, -0.05) is 23.7 Å². The van der Waals surface area contributed by atoms with Crippen molar-refractivity contribution in [2.45, 2.75) is 12.5 Å². The van der Waals surface area contributed by atoms with Crippen LogP contribution in [0.4, 0.5) is 5.69 Å². The highest BCUT2D eigenvalue weighted by Gasteiger charge is 2.45. The van der Waals surface area contributed by atoms with Crippen LogP contribution in [0.1, 0.15) is 23.6 Å². The van der Waals surface area contributed by atoms with E-state index in [1.165, 1.54) is 0 Å². The zero-order valence-electron chi connectivity index (χ0n) is 19.5. The van der Waals surface area contributed by atoms with E-state index in [2.05, 4.69) is 4.90 Å². The molecule has 1 unspecified atom stereocenters. The summed E-state index contributed by atoms with van der Waals surface area (Å²) in [6, 6.07) is 13.7. The average Bonchev–Trinajstić information content (AvgIpc) is 3.10. The second-order valence-corrected chi connectivity index (χ2v) is 9.23. The lowest BCUT2D eigenvalue weighted by Crippen LogP contribution is -2.38. The lowest BCUT2D eigenvalue weighted by molar-refractivity contribution is -0.140. The monoisotopic (exact) mass is 483 g/mol. The van der Waals surface area contributed by atoms with Gasteiger partial charge in [-0.3, -0.25) is 14.5 Å². The molecule has 1 N–H and O–H groups in total. The molecular formula is C26H30ClN3O4.